The van der Waals surface area contributed by atoms with Crippen molar-refractivity contribution in [1.29, 1.82) is 0 Å². The normalized spacial score (nSPS) is 15.2. The van der Waals surface area contributed by atoms with Gasteiger partial charge in [0.2, 0.25) is 0 Å². The summed E-state index contributed by atoms with van der Waals surface area (Å²) in [5, 5.41) is 11.9. The second kappa shape index (κ2) is 9.61. The van der Waals surface area contributed by atoms with Crippen molar-refractivity contribution in [2.45, 2.75) is 72.4 Å². The smallest absolute Gasteiger partial charge is 0.326 e. The number of unbranched alkanes of at least 4 members (excludes halogenated alkanes) is 1. The van der Waals surface area contributed by atoms with Crippen molar-refractivity contribution in [2.75, 3.05) is 6.54 Å². The molecule has 0 aliphatic heterocycles. The first-order valence-electron chi connectivity index (χ1n) is 7.68. The van der Waals surface area contributed by atoms with Crippen LogP contribution < -0.4 is 5.32 Å². The van der Waals surface area contributed by atoms with Gasteiger partial charge >= 0.3 is 12.0 Å². The monoisotopic (exact) mass is 286 g/mol. The van der Waals surface area contributed by atoms with Crippen LogP contribution in [0.4, 0.5) is 4.79 Å². The lowest BCUT2D eigenvalue weighted by molar-refractivity contribution is -0.140. The number of aliphatic carboxylic acids is 1. The Balaban J connectivity index is 4.82. The Kier molecular flexibility index (Phi) is 9.01. The molecule has 0 aromatic rings. The molecule has 0 aromatic carbocycles. The van der Waals surface area contributed by atoms with Crippen LogP contribution in [-0.2, 0) is 4.79 Å². The molecule has 0 aliphatic rings. The van der Waals surface area contributed by atoms with Crippen molar-refractivity contribution >= 4 is 12.0 Å². The zero-order valence-corrected chi connectivity index (χ0v) is 13.5. The first-order valence-corrected chi connectivity index (χ1v) is 7.68. The number of rotatable bonds is 9. The fourth-order valence-corrected chi connectivity index (χ4v) is 1.97. The molecule has 0 bridgehead atoms. The lowest BCUT2D eigenvalue weighted by Crippen LogP contribution is -2.52. The molecule has 2 N–H and O–H groups in total. The van der Waals surface area contributed by atoms with Crippen molar-refractivity contribution in [3.8, 4) is 0 Å². The van der Waals surface area contributed by atoms with E-state index in [-0.39, 0.29) is 18.0 Å². The molecule has 0 radical (unpaired) electrons. The van der Waals surface area contributed by atoms with Gasteiger partial charge in [-0.1, -0.05) is 40.5 Å². The van der Waals surface area contributed by atoms with Crippen molar-refractivity contribution in [1.82, 2.24) is 10.2 Å². The summed E-state index contributed by atoms with van der Waals surface area (Å²) < 4.78 is 0. The molecule has 0 saturated carbocycles. The number of carboxylic acids is 1. The van der Waals surface area contributed by atoms with Crippen LogP contribution in [0.2, 0.25) is 0 Å². The molecular weight excluding hydrogens is 256 g/mol. The van der Waals surface area contributed by atoms with Crippen LogP contribution in [0.25, 0.3) is 0 Å². The molecule has 0 spiro atoms. The van der Waals surface area contributed by atoms with Crippen LogP contribution >= 0.6 is 0 Å². The first-order chi connectivity index (χ1) is 9.38. The van der Waals surface area contributed by atoms with Gasteiger partial charge in [0.25, 0.3) is 0 Å². The summed E-state index contributed by atoms with van der Waals surface area (Å²) in [4.78, 5) is 25.4. The highest BCUT2D eigenvalue weighted by Gasteiger charge is 2.28. The van der Waals surface area contributed by atoms with Crippen LogP contribution in [0, 0.1) is 5.92 Å². The lowest BCUT2D eigenvalue weighted by Gasteiger charge is -2.31. The molecule has 1 unspecified atom stereocenters. The van der Waals surface area contributed by atoms with Crippen molar-refractivity contribution < 1.29 is 14.7 Å². The predicted molar refractivity (Wildman–Crippen MR) is 80.8 cm³/mol. The highest BCUT2D eigenvalue weighted by atomic mass is 16.4. The number of hydrogen-bond acceptors (Lipinski definition) is 2. The third kappa shape index (κ3) is 5.80. The summed E-state index contributed by atoms with van der Waals surface area (Å²) in [6.45, 7) is 10.5. The highest BCUT2D eigenvalue weighted by Crippen LogP contribution is 2.11. The summed E-state index contributed by atoms with van der Waals surface area (Å²) in [5.41, 5.74) is 0. The molecule has 0 rings (SSSR count). The van der Waals surface area contributed by atoms with Gasteiger partial charge in [-0.3, -0.25) is 0 Å². The van der Waals surface area contributed by atoms with Gasteiger partial charge in [0.05, 0.1) is 0 Å². The van der Waals surface area contributed by atoms with Gasteiger partial charge < -0.3 is 15.3 Å². The van der Waals surface area contributed by atoms with E-state index in [4.69, 9.17) is 0 Å². The Morgan fingerprint density at radius 3 is 2.15 bits per heavy atom. The average Bonchev–Trinajstić information content (AvgIpc) is 2.43. The molecule has 0 aliphatic carbocycles. The van der Waals surface area contributed by atoms with E-state index < -0.39 is 12.0 Å². The van der Waals surface area contributed by atoms with Gasteiger partial charge in [-0.2, -0.15) is 0 Å². The van der Waals surface area contributed by atoms with E-state index >= 15 is 0 Å². The number of carbonyl (C=O) groups is 2. The molecule has 2 amide bonds. The topological polar surface area (TPSA) is 69.6 Å². The first kappa shape index (κ1) is 18.7. The zero-order valence-electron chi connectivity index (χ0n) is 13.5. The maximum Gasteiger partial charge on any atom is 0.326 e. The van der Waals surface area contributed by atoms with Crippen LogP contribution in [0.15, 0.2) is 0 Å². The number of carbonyl (C=O) groups excluding carboxylic acids is 1. The quantitative estimate of drug-likeness (QED) is 0.684. The largest absolute Gasteiger partial charge is 0.480 e. The van der Waals surface area contributed by atoms with E-state index in [1.807, 2.05) is 27.7 Å². The summed E-state index contributed by atoms with van der Waals surface area (Å²) in [7, 11) is 0. The Morgan fingerprint density at radius 1 is 1.15 bits per heavy atom. The van der Waals surface area contributed by atoms with E-state index in [0.717, 1.165) is 25.7 Å². The van der Waals surface area contributed by atoms with E-state index in [1.54, 1.807) is 4.90 Å². The average molecular weight is 286 g/mol. The lowest BCUT2D eigenvalue weighted by atomic mass is 9.99. The summed E-state index contributed by atoms with van der Waals surface area (Å²) in [5.74, 6) is -1.05. The Hall–Kier alpha value is -1.26. The molecule has 3 atom stereocenters. The third-order valence-electron chi connectivity index (χ3n) is 3.89. The molecular formula is C15H30N2O3. The van der Waals surface area contributed by atoms with Crippen LogP contribution in [0.3, 0.4) is 0 Å². The van der Waals surface area contributed by atoms with Crippen LogP contribution in [0.5, 0.6) is 0 Å². The van der Waals surface area contributed by atoms with Gasteiger partial charge in [0, 0.05) is 12.6 Å². The van der Waals surface area contributed by atoms with Crippen molar-refractivity contribution in [3.05, 3.63) is 0 Å². The van der Waals surface area contributed by atoms with Crippen LogP contribution in [0.1, 0.15) is 60.3 Å². The highest BCUT2D eigenvalue weighted by molar-refractivity contribution is 5.83. The number of urea groups is 1. The molecule has 5 heteroatoms. The molecule has 118 valence electrons. The summed E-state index contributed by atoms with van der Waals surface area (Å²) in [6, 6.07) is -0.964. The fraction of sp³-hybridized carbons (Fsp3) is 0.867. The van der Waals surface area contributed by atoms with E-state index in [2.05, 4.69) is 12.2 Å². The minimum atomic E-state index is -0.965. The van der Waals surface area contributed by atoms with Crippen molar-refractivity contribution in [3.63, 3.8) is 0 Å². The number of nitrogens with one attached hydrogen (secondary N) is 1. The maximum atomic E-state index is 12.3. The number of nitrogens with zero attached hydrogens (tertiary/aromatic N) is 1. The number of amides is 2. The Labute approximate surface area is 122 Å². The van der Waals surface area contributed by atoms with Gasteiger partial charge in [0.15, 0.2) is 0 Å². The van der Waals surface area contributed by atoms with Crippen molar-refractivity contribution in [2.24, 2.45) is 5.92 Å². The molecule has 5 nitrogen and oxygen atoms in total. The van der Waals surface area contributed by atoms with E-state index in [9.17, 15) is 14.7 Å². The molecule has 0 heterocycles. The Bertz CT molecular complexity index is 307. The zero-order chi connectivity index (χ0) is 15.7. The molecule has 0 fully saturated rings. The van der Waals surface area contributed by atoms with Gasteiger partial charge in [-0.25, -0.2) is 9.59 Å². The third-order valence-corrected chi connectivity index (χ3v) is 3.89. The molecule has 20 heavy (non-hydrogen) atoms. The SMILES string of the molecule is CCCCN(C(=O)N[C@H](C(=O)O)[C@@H](C)CC)C(C)CC. The summed E-state index contributed by atoms with van der Waals surface area (Å²) in [6.07, 6.45) is 3.51. The maximum absolute atomic E-state index is 12.3. The van der Waals surface area contributed by atoms with E-state index in [1.165, 1.54) is 0 Å². The predicted octanol–water partition coefficient (Wildman–Crippen LogP) is 3.10. The van der Waals surface area contributed by atoms with Gasteiger partial charge in [-0.15, -0.1) is 0 Å². The Morgan fingerprint density at radius 2 is 1.75 bits per heavy atom. The summed E-state index contributed by atoms with van der Waals surface area (Å²) >= 11 is 0. The number of carboxylic acid groups (broad SMARTS) is 1. The molecule has 0 aromatic heterocycles. The second-order valence-electron chi connectivity index (χ2n) is 5.46. The van der Waals surface area contributed by atoms with Crippen LogP contribution in [-0.4, -0.2) is 40.6 Å². The van der Waals surface area contributed by atoms with Gasteiger partial charge in [-0.05, 0) is 25.7 Å². The molecule has 0 saturated heterocycles. The fourth-order valence-electron chi connectivity index (χ4n) is 1.97. The van der Waals surface area contributed by atoms with E-state index in [0.29, 0.717) is 6.54 Å². The van der Waals surface area contributed by atoms with Gasteiger partial charge in [0.1, 0.15) is 6.04 Å². The standard InChI is InChI=1S/C15H30N2O3/c1-6-9-10-17(12(5)8-3)15(20)16-13(14(18)19)11(4)7-2/h11-13H,6-10H2,1-5H3,(H,16,20)(H,18,19)/t11-,12?,13-/m0/s1. The second-order valence-corrected chi connectivity index (χ2v) is 5.46. The minimum absolute atomic E-state index is 0.0820. The number of hydrogen-bond donors (Lipinski definition) is 2. The minimum Gasteiger partial charge on any atom is -0.480 e.